The first-order valence-corrected chi connectivity index (χ1v) is 11.5. The van der Waals surface area contributed by atoms with E-state index in [0.717, 1.165) is 11.1 Å². The SMILES string of the molecule is CC.CC(=O)c1ccc(-c2ccccc2)cc1.CCCc1ccc(-c2ccccc2)cc1. The summed E-state index contributed by atoms with van der Waals surface area (Å²) in [6.45, 7) is 7.79. The van der Waals surface area contributed by atoms with Crippen molar-refractivity contribution in [3.63, 3.8) is 0 Å². The van der Waals surface area contributed by atoms with Gasteiger partial charge in [0.1, 0.15) is 0 Å². The van der Waals surface area contributed by atoms with Crippen LogP contribution in [0.1, 0.15) is 50.0 Å². The van der Waals surface area contributed by atoms with Crippen molar-refractivity contribution in [2.45, 2.75) is 40.5 Å². The lowest BCUT2D eigenvalue weighted by Gasteiger charge is -2.03. The maximum Gasteiger partial charge on any atom is 0.159 e. The molecule has 0 aliphatic rings. The monoisotopic (exact) mass is 422 g/mol. The standard InChI is InChI=1S/C15H16.C14H12O.C2H6/c1-2-6-13-9-11-15(12-10-13)14-7-4-3-5-8-14;1-11(15)12-7-9-14(10-8-12)13-5-3-2-4-6-13;1-2/h3-5,7-12H,2,6H2,1H3;2-10H,1H3;1-2H3. The summed E-state index contributed by atoms with van der Waals surface area (Å²) in [6, 6.07) is 37.2. The molecular weight excluding hydrogens is 388 g/mol. The summed E-state index contributed by atoms with van der Waals surface area (Å²) in [4.78, 5) is 11.1. The van der Waals surface area contributed by atoms with Gasteiger partial charge >= 0.3 is 0 Å². The predicted octanol–water partition coefficient (Wildman–Crippen LogP) is 8.89. The highest BCUT2D eigenvalue weighted by Crippen LogP contribution is 2.20. The van der Waals surface area contributed by atoms with Gasteiger partial charge in [0.2, 0.25) is 0 Å². The third-order valence-electron chi connectivity index (χ3n) is 5.00. The third kappa shape index (κ3) is 7.67. The second-order valence-electron chi connectivity index (χ2n) is 7.31. The van der Waals surface area contributed by atoms with Crippen molar-refractivity contribution in [1.29, 1.82) is 0 Å². The normalized spacial score (nSPS) is 9.62. The molecule has 0 saturated carbocycles. The lowest BCUT2D eigenvalue weighted by molar-refractivity contribution is 0.101. The van der Waals surface area contributed by atoms with Crippen molar-refractivity contribution >= 4 is 5.78 Å². The number of rotatable bonds is 5. The van der Waals surface area contributed by atoms with Crippen LogP contribution in [0.3, 0.4) is 0 Å². The molecule has 4 rings (SSSR count). The van der Waals surface area contributed by atoms with Crippen LogP contribution in [0, 0.1) is 0 Å². The van der Waals surface area contributed by atoms with E-state index >= 15 is 0 Å². The molecule has 0 atom stereocenters. The third-order valence-corrected chi connectivity index (χ3v) is 5.00. The Labute approximate surface area is 193 Å². The second-order valence-corrected chi connectivity index (χ2v) is 7.31. The van der Waals surface area contributed by atoms with Crippen molar-refractivity contribution in [3.8, 4) is 22.3 Å². The summed E-state index contributed by atoms with van der Waals surface area (Å²) in [5.74, 6) is 0.106. The van der Waals surface area contributed by atoms with E-state index in [-0.39, 0.29) is 5.78 Å². The zero-order valence-electron chi connectivity index (χ0n) is 19.7. The van der Waals surface area contributed by atoms with Gasteiger partial charge in [-0.3, -0.25) is 4.79 Å². The Bertz CT molecular complexity index is 1030. The summed E-state index contributed by atoms with van der Waals surface area (Å²) >= 11 is 0. The van der Waals surface area contributed by atoms with E-state index < -0.39 is 0 Å². The van der Waals surface area contributed by atoms with Crippen LogP contribution >= 0.6 is 0 Å². The molecule has 0 bridgehead atoms. The molecule has 0 amide bonds. The highest BCUT2D eigenvalue weighted by molar-refractivity contribution is 5.94. The summed E-state index contributed by atoms with van der Waals surface area (Å²) in [6.07, 6.45) is 2.39. The Balaban J connectivity index is 0.000000211. The van der Waals surface area contributed by atoms with Crippen LogP contribution in [0.2, 0.25) is 0 Å². The fourth-order valence-electron chi connectivity index (χ4n) is 3.31. The Hall–Kier alpha value is -3.45. The number of benzene rings is 4. The average molecular weight is 423 g/mol. The molecule has 0 saturated heterocycles. The molecule has 164 valence electrons. The van der Waals surface area contributed by atoms with E-state index in [2.05, 4.69) is 73.7 Å². The molecule has 1 heteroatoms. The average Bonchev–Trinajstić information content (AvgIpc) is 2.87. The summed E-state index contributed by atoms with van der Waals surface area (Å²) in [5.41, 5.74) is 7.09. The second kappa shape index (κ2) is 13.8. The van der Waals surface area contributed by atoms with Gasteiger partial charge in [-0.1, -0.05) is 136 Å². The minimum Gasteiger partial charge on any atom is -0.295 e. The first-order chi connectivity index (χ1) is 15.7. The van der Waals surface area contributed by atoms with Gasteiger partial charge in [0.25, 0.3) is 0 Å². The van der Waals surface area contributed by atoms with Crippen molar-refractivity contribution in [1.82, 2.24) is 0 Å². The van der Waals surface area contributed by atoms with Crippen LogP contribution in [0.15, 0.2) is 109 Å². The molecule has 4 aromatic carbocycles. The van der Waals surface area contributed by atoms with Crippen LogP contribution in [0.4, 0.5) is 0 Å². The van der Waals surface area contributed by atoms with E-state index in [1.165, 1.54) is 35.1 Å². The van der Waals surface area contributed by atoms with Gasteiger partial charge in [-0.25, -0.2) is 0 Å². The summed E-state index contributed by atoms with van der Waals surface area (Å²) < 4.78 is 0. The molecule has 0 heterocycles. The Morgan fingerprint density at radius 2 is 0.938 bits per heavy atom. The molecule has 0 spiro atoms. The van der Waals surface area contributed by atoms with Gasteiger partial charge in [0.15, 0.2) is 5.78 Å². The van der Waals surface area contributed by atoms with Crippen molar-refractivity contribution in [3.05, 3.63) is 120 Å². The quantitative estimate of drug-likeness (QED) is 0.293. The zero-order chi connectivity index (χ0) is 23.2. The fraction of sp³-hybridized carbons (Fsp3) is 0.194. The summed E-state index contributed by atoms with van der Waals surface area (Å²) in [5, 5.41) is 0. The molecule has 0 aromatic heterocycles. The lowest BCUT2D eigenvalue weighted by atomic mass is 10.0. The highest BCUT2D eigenvalue weighted by atomic mass is 16.1. The Morgan fingerprint density at radius 1 is 0.562 bits per heavy atom. The van der Waals surface area contributed by atoms with Gasteiger partial charge in [0.05, 0.1) is 0 Å². The first-order valence-electron chi connectivity index (χ1n) is 11.5. The number of Topliss-reactive ketones (excluding diaryl/α,β-unsaturated/α-hetero) is 1. The molecule has 0 aliphatic carbocycles. The van der Waals surface area contributed by atoms with Crippen LogP contribution < -0.4 is 0 Å². The van der Waals surface area contributed by atoms with Gasteiger partial charge in [-0.2, -0.15) is 0 Å². The Morgan fingerprint density at radius 3 is 1.31 bits per heavy atom. The first kappa shape index (κ1) is 24.8. The van der Waals surface area contributed by atoms with Gasteiger partial charge in [0, 0.05) is 5.56 Å². The van der Waals surface area contributed by atoms with Gasteiger partial charge in [-0.05, 0) is 41.2 Å². The molecule has 0 unspecified atom stereocenters. The van der Waals surface area contributed by atoms with Crippen LogP contribution in [-0.4, -0.2) is 5.78 Å². The number of carbonyl (C=O) groups excluding carboxylic acids is 1. The Kier molecular flexibility index (Phi) is 10.7. The molecule has 4 aromatic rings. The molecule has 0 aliphatic heterocycles. The molecule has 0 N–H and O–H groups in total. The van der Waals surface area contributed by atoms with Crippen LogP contribution in [-0.2, 0) is 6.42 Å². The van der Waals surface area contributed by atoms with E-state index in [4.69, 9.17) is 0 Å². The van der Waals surface area contributed by atoms with Crippen molar-refractivity contribution < 1.29 is 4.79 Å². The maximum absolute atomic E-state index is 11.1. The van der Waals surface area contributed by atoms with E-state index in [0.29, 0.717) is 0 Å². The molecule has 1 nitrogen and oxygen atoms in total. The van der Waals surface area contributed by atoms with E-state index in [1.807, 2.05) is 56.3 Å². The molecule has 0 fully saturated rings. The van der Waals surface area contributed by atoms with E-state index in [1.54, 1.807) is 6.92 Å². The lowest BCUT2D eigenvalue weighted by Crippen LogP contribution is -1.90. The zero-order valence-corrected chi connectivity index (χ0v) is 19.7. The fourth-order valence-corrected chi connectivity index (χ4v) is 3.31. The summed E-state index contributed by atoms with van der Waals surface area (Å²) in [7, 11) is 0. The molecular formula is C31H34O. The number of ketones is 1. The minimum absolute atomic E-state index is 0.106. The van der Waals surface area contributed by atoms with Crippen LogP contribution in [0.5, 0.6) is 0 Å². The maximum atomic E-state index is 11.1. The topological polar surface area (TPSA) is 17.1 Å². The van der Waals surface area contributed by atoms with Crippen LogP contribution in [0.25, 0.3) is 22.3 Å². The predicted molar refractivity (Wildman–Crippen MR) is 139 cm³/mol. The highest BCUT2D eigenvalue weighted by Gasteiger charge is 2.00. The minimum atomic E-state index is 0.106. The van der Waals surface area contributed by atoms with Gasteiger partial charge < -0.3 is 0 Å². The largest absolute Gasteiger partial charge is 0.295 e. The molecule has 0 radical (unpaired) electrons. The number of aryl methyl sites for hydroxylation is 1. The van der Waals surface area contributed by atoms with Crippen molar-refractivity contribution in [2.24, 2.45) is 0 Å². The van der Waals surface area contributed by atoms with Gasteiger partial charge in [-0.15, -0.1) is 0 Å². The number of hydrogen-bond donors (Lipinski definition) is 0. The van der Waals surface area contributed by atoms with Crippen molar-refractivity contribution in [2.75, 3.05) is 0 Å². The molecule has 32 heavy (non-hydrogen) atoms. The number of hydrogen-bond acceptors (Lipinski definition) is 1. The van der Waals surface area contributed by atoms with E-state index in [9.17, 15) is 4.79 Å². The number of carbonyl (C=O) groups is 1. The smallest absolute Gasteiger partial charge is 0.159 e.